The molecular formula is C2H2N4O4S. The molecule has 0 saturated carbocycles. The third kappa shape index (κ3) is 1.03. The first kappa shape index (κ1) is 6.49. The Kier molecular flexibility index (Phi) is 1.11. The number of aromatic nitrogens is 4. The van der Waals surface area contributed by atoms with Crippen molar-refractivity contribution in [2.24, 2.45) is 0 Å². The van der Waals surface area contributed by atoms with Crippen LogP contribution in [0.5, 0.6) is 0 Å². The third-order valence-electron chi connectivity index (χ3n) is 0.996. The van der Waals surface area contributed by atoms with Crippen LogP contribution in [0, 0.1) is 0 Å². The van der Waals surface area contributed by atoms with Crippen molar-refractivity contribution in [2.45, 2.75) is 6.61 Å². The molecule has 1 aromatic rings. The van der Waals surface area contributed by atoms with E-state index in [-0.39, 0.29) is 12.4 Å². The largest absolute Gasteiger partial charge is 0.469 e. The number of nitrogens with zero attached hydrogens (tertiary/aromatic N) is 4. The van der Waals surface area contributed by atoms with Crippen LogP contribution in [0.15, 0.2) is 0 Å². The van der Waals surface area contributed by atoms with Gasteiger partial charge in [0.05, 0.1) is 0 Å². The third-order valence-corrected chi connectivity index (χ3v) is 1.73. The molecule has 11 heavy (non-hydrogen) atoms. The van der Waals surface area contributed by atoms with Crippen LogP contribution < -0.4 is 4.28 Å². The molecule has 0 atom stereocenters. The standard InChI is InChI=1S/C2H2N4O4S/c7-11(8)9-1-2-3-4-5-6(2)10-11/h1H2. The van der Waals surface area contributed by atoms with Gasteiger partial charge in [0.15, 0.2) is 0 Å². The van der Waals surface area contributed by atoms with Crippen molar-refractivity contribution in [1.82, 2.24) is 20.4 Å². The number of hydrogen-bond acceptors (Lipinski definition) is 7. The summed E-state index contributed by atoms with van der Waals surface area (Å²) in [6.45, 7) is -0.199. The smallest absolute Gasteiger partial charge is 0.245 e. The van der Waals surface area contributed by atoms with Gasteiger partial charge in [0.2, 0.25) is 5.82 Å². The van der Waals surface area contributed by atoms with Crippen LogP contribution in [0.1, 0.15) is 5.82 Å². The molecule has 0 radical (unpaired) electrons. The molecule has 0 aliphatic carbocycles. The molecule has 0 N–H and O–H groups in total. The Balaban J connectivity index is 2.47. The fourth-order valence-electron chi connectivity index (χ4n) is 0.573. The van der Waals surface area contributed by atoms with Gasteiger partial charge in [0.25, 0.3) is 0 Å². The maximum atomic E-state index is 10.6. The van der Waals surface area contributed by atoms with Gasteiger partial charge in [-0.15, -0.1) is 5.10 Å². The fraction of sp³-hybridized carbons (Fsp3) is 0.500. The zero-order valence-corrected chi connectivity index (χ0v) is 5.85. The molecule has 0 spiro atoms. The molecule has 2 heterocycles. The van der Waals surface area contributed by atoms with Gasteiger partial charge in [0, 0.05) is 0 Å². The first-order valence-electron chi connectivity index (χ1n) is 2.54. The van der Waals surface area contributed by atoms with E-state index in [2.05, 4.69) is 24.0 Å². The van der Waals surface area contributed by atoms with E-state index >= 15 is 0 Å². The number of fused-ring (bicyclic) bond motifs is 1. The van der Waals surface area contributed by atoms with Gasteiger partial charge in [-0.25, -0.2) is 8.47 Å². The SMILES string of the molecule is O=S1(=O)OCc2nnnn2O1. The van der Waals surface area contributed by atoms with Crippen LogP contribution in [-0.4, -0.2) is 28.8 Å². The maximum absolute atomic E-state index is 10.6. The normalized spacial score (nSPS) is 20.4. The van der Waals surface area contributed by atoms with Crippen molar-refractivity contribution in [1.29, 1.82) is 0 Å². The van der Waals surface area contributed by atoms with Gasteiger partial charge in [-0.1, -0.05) is 0 Å². The van der Waals surface area contributed by atoms with Crippen molar-refractivity contribution < 1.29 is 16.9 Å². The van der Waals surface area contributed by atoms with Gasteiger partial charge < -0.3 is 0 Å². The van der Waals surface area contributed by atoms with Gasteiger partial charge in [-0.2, -0.15) is 8.42 Å². The Labute approximate surface area is 61.0 Å². The lowest BCUT2D eigenvalue weighted by molar-refractivity contribution is 0.115. The Hall–Kier alpha value is -1.22. The summed E-state index contributed by atoms with van der Waals surface area (Å²) in [5, 5.41) is 9.80. The van der Waals surface area contributed by atoms with Crippen molar-refractivity contribution in [2.75, 3.05) is 0 Å². The second kappa shape index (κ2) is 1.89. The van der Waals surface area contributed by atoms with Crippen molar-refractivity contribution in [3.8, 4) is 0 Å². The highest BCUT2D eigenvalue weighted by Gasteiger charge is 2.25. The molecule has 2 rings (SSSR count). The van der Waals surface area contributed by atoms with Crippen LogP contribution in [0.4, 0.5) is 0 Å². The van der Waals surface area contributed by atoms with E-state index < -0.39 is 10.4 Å². The highest BCUT2D eigenvalue weighted by molar-refractivity contribution is 7.82. The average Bonchev–Trinajstić information content (AvgIpc) is 2.31. The predicted octanol–water partition coefficient (Wildman–Crippen LogP) is -2.12. The summed E-state index contributed by atoms with van der Waals surface area (Å²) >= 11 is 0. The zero-order chi connectivity index (χ0) is 7.90. The Morgan fingerprint density at radius 1 is 1.55 bits per heavy atom. The molecule has 0 saturated heterocycles. The minimum absolute atomic E-state index is 0.199. The van der Waals surface area contributed by atoms with Crippen molar-refractivity contribution in [3.63, 3.8) is 0 Å². The Morgan fingerprint density at radius 3 is 3.18 bits per heavy atom. The van der Waals surface area contributed by atoms with E-state index in [1.54, 1.807) is 0 Å². The summed E-state index contributed by atoms with van der Waals surface area (Å²) in [4.78, 5) is 0.693. The highest BCUT2D eigenvalue weighted by Crippen LogP contribution is 2.05. The van der Waals surface area contributed by atoms with Gasteiger partial charge >= 0.3 is 10.4 Å². The van der Waals surface area contributed by atoms with Crippen molar-refractivity contribution in [3.05, 3.63) is 5.82 Å². The highest BCUT2D eigenvalue weighted by atomic mass is 32.3. The number of tetrazole rings is 1. The summed E-state index contributed by atoms with van der Waals surface area (Å²) in [6, 6.07) is 0. The molecule has 1 aromatic heterocycles. The van der Waals surface area contributed by atoms with Crippen LogP contribution in [-0.2, 0) is 21.2 Å². The van der Waals surface area contributed by atoms with E-state index in [9.17, 15) is 8.42 Å². The maximum Gasteiger partial charge on any atom is 0.469 e. The summed E-state index contributed by atoms with van der Waals surface area (Å²) in [5.41, 5.74) is 0. The number of rotatable bonds is 0. The van der Waals surface area contributed by atoms with Crippen molar-refractivity contribution >= 4 is 10.4 Å². The molecule has 0 aromatic carbocycles. The van der Waals surface area contributed by atoms with E-state index in [1.165, 1.54) is 0 Å². The second-order valence-corrected chi connectivity index (χ2v) is 2.91. The lowest BCUT2D eigenvalue weighted by atomic mass is 10.7. The van der Waals surface area contributed by atoms with Crippen LogP contribution in [0.25, 0.3) is 0 Å². The molecule has 0 unspecified atom stereocenters. The monoisotopic (exact) mass is 178 g/mol. The van der Waals surface area contributed by atoms with Gasteiger partial charge in [-0.3, -0.25) is 0 Å². The molecular weight excluding hydrogens is 176 g/mol. The lowest BCUT2D eigenvalue weighted by Gasteiger charge is -2.09. The minimum atomic E-state index is -3.95. The summed E-state index contributed by atoms with van der Waals surface area (Å²) in [7, 11) is -3.95. The molecule has 0 fully saturated rings. The van der Waals surface area contributed by atoms with Gasteiger partial charge in [-0.05, 0) is 15.3 Å². The first-order valence-corrected chi connectivity index (χ1v) is 3.87. The minimum Gasteiger partial charge on any atom is -0.245 e. The zero-order valence-electron chi connectivity index (χ0n) is 5.04. The molecule has 1 aliphatic rings. The topological polar surface area (TPSA) is 96.2 Å². The molecule has 9 heteroatoms. The van der Waals surface area contributed by atoms with E-state index in [1.807, 2.05) is 0 Å². The molecule has 0 amide bonds. The second-order valence-electron chi connectivity index (χ2n) is 1.71. The summed E-state index contributed by atoms with van der Waals surface area (Å²) < 4.78 is 29.5. The summed E-state index contributed by atoms with van der Waals surface area (Å²) in [5.74, 6) is 0.208. The van der Waals surface area contributed by atoms with E-state index in [0.717, 1.165) is 0 Å². The van der Waals surface area contributed by atoms with Crippen LogP contribution in [0.3, 0.4) is 0 Å². The summed E-state index contributed by atoms with van der Waals surface area (Å²) in [6.07, 6.45) is 0. The fourth-order valence-corrected chi connectivity index (χ4v) is 1.15. The molecule has 1 aliphatic heterocycles. The Bertz CT molecular complexity index is 367. The van der Waals surface area contributed by atoms with E-state index in [4.69, 9.17) is 0 Å². The van der Waals surface area contributed by atoms with Crippen LogP contribution >= 0.6 is 0 Å². The average molecular weight is 178 g/mol. The number of hydrogen-bond donors (Lipinski definition) is 0. The quantitative estimate of drug-likeness (QED) is 0.448. The predicted molar refractivity (Wildman–Crippen MR) is 28.1 cm³/mol. The molecule has 8 nitrogen and oxygen atoms in total. The first-order chi connectivity index (χ1) is 5.17. The van der Waals surface area contributed by atoms with Gasteiger partial charge in [0.1, 0.15) is 6.61 Å². The van der Waals surface area contributed by atoms with E-state index in [0.29, 0.717) is 4.85 Å². The lowest BCUT2D eigenvalue weighted by Crippen LogP contribution is -2.30. The Morgan fingerprint density at radius 2 is 2.36 bits per heavy atom. The molecule has 0 bridgehead atoms. The van der Waals surface area contributed by atoms with Crippen LogP contribution in [0.2, 0.25) is 0 Å². The molecule has 60 valence electrons.